The van der Waals surface area contributed by atoms with Crippen LogP contribution >= 0.6 is 0 Å². The molecule has 0 aromatic carbocycles. The third-order valence-corrected chi connectivity index (χ3v) is 3.62. The van der Waals surface area contributed by atoms with Crippen LogP contribution in [-0.4, -0.2) is 42.4 Å². The molecule has 2 atom stereocenters. The second-order valence-electron chi connectivity index (χ2n) is 6.90. The maximum Gasteiger partial charge on any atom is 0.227 e. The number of nitrogens with zero attached hydrogens (tertiary/aromatic N) is 1. The molecule has 0 spiro atoms. The number of rotatable bonds is 4. The number of nitrogens with one attached hydrogen (secondary N) is 1. The van der Waals surface area contributed by atoms with E-state index in [1.165, 1.54) is 0 Å². The summed E-state index contributed by atoms with van der Waals surface area (Å²) in [6.45, 7) is 9.60. The second-order valence-corrected chi connectivity index (χ2v) is 6.90. The van der Waals surface area contributed by atoms with Crippen LogP contribution in [0.3, 0.4) is 0 Å². The van der Waals surface area contributed by atoms with Crippen molar-refractivity contribution in [2.75, 3.05) is 19.6 Å². The Morgan fingerprint density at radius 1 is 1.40 bits per heavy atom. The molecule has 1 fully saturated rings. The van der Waals surface area contributed by atoms with Crippen molar-refractivity contribution in [1.29, 1.82) is 0 Å². The summed E-state index contributed by atoms with van der Waals surface area (Å²) in [6.07, 6.45) is 2.54. The molecule has 3 N–H and O–H groups in total. The van der Waals surface area contributed by atoms with Gasteiger partial charge in [0.25, 0.3) is 0 Å². The molecule has 20 heavy (non-hydrogen) atoms. The van der Waals surface area contributed by atoms with Crippen molar-refractivity contribution in [1.82, 2.24) is 10.2 Å². The molecular weight excluding hydrogens is 254 g/mol. The summed E-state index contributed by atoms with van der Waals surface area (Å²) in [5.74, 6) is 0.103. The van der Waals surface area contributed by atoms with E-state index in [9.17, 15) is 9.59 Å². The molecule has 1 rings (SSSR count). The lowest BCUT2D eigenvalue weighted by atomic mass is 9.91. The minimum atomic E-state index is -0.382. The van der Waals surface area contributed by atoms with E-state index in [2.05, 4.69) is 5.32 Å². The Kier molecular flexibility index (Phi) is 5.99. The van der Waals surface area contributed by atoms with E-state index in [1.54, 1.807) is 0 Å². The quantitative estimate of drug-likeness (QED) is 0.812. The van der Waals surface area contributed by atoms with Crippen molar-refractivity contribution in [3.63, 3.8) is 0 Å². The number of amides is 2. The maximum atomic E-state index is 12.3. The Morgan fingerprint density at radius 2 is 2.05 bits per heavy atom. The van der Waals surface area contributed by atoms with Crippen LogP contribution < -0.4 is 11.1 Å². The molecule has 2 unspecified atom stereocenters. The lowest BCUT2D eigenvalue weighted by Crippen LogP contribution is -2.49. The van der Waals surface area contributed by atoms with Crippen molar-refractivity contribution >= 4 is 11.8 Å². The molecule has 2 amide bonds. The normalized spacial score (nSPS) is 21.4. The molecule has 116 valence electrons. The SMILES string of the molecule is CC(N)CCNC(=O)C1CCCN(C(=O)C(C)(C)C)C1. The van der Waals surface area contributed by atoms with Crippen molar-refractivity contribution in [3.8, 4) is 0 Å². The van der Waals surface area contributed by atoms with Gasteiger partial charge in [0.1, 0.15) is 0 Å². The predicted octanol–water partition coefficient (Wildman–Crippen LogP) is 1.12. The van der Waals surface area contributed by atoms with E-state index >= 15 is 0 Å². The van der Waals surface area contributed by atoms with Gasteiger partial charge in [-0.25, -0.2) is 0 Å². The highest BCUT2D eigenvalue weighted by atomic mass is 16.2. The molecule has 0 aromatic heterocycles. The van der Waals surface area contributed by atoms with Gasteiger partial charge in [0.15, 0.2) is 0 Å². The van der Waals surface area contributed by atoms with Crippen molar-refractivity contribution in [3.05, 3.63) is 0 Å². The van der Waals surface area contributed by atoms with Crippen molar-refractivity contribution in [2.45, 2.75) is 53.0 Å². The van der Waals surface area contributed by atoms with Crippen LogP contribution in [0.1, 0.15) is 47.0 Å². The molecule has 1 aliphatic heterocycles. The van der Waals surface area contributed by atoms with Crippen molar-refractivity contribution < 1.29 is 9.59 Å². The van der Waals surface area contributed by atoms with E-state index < -0.39 is 0 Å². The van der Waals surface area contributed by atoms with Gasteiger partial charge in [0.05, 0.1) is 5.92 Å². The zero-order valence-electron chi connectivity index (χ0n) is 13.2. The lowest BCUT2D eigenvalue weighted by Gasteiger charge is -2.35. The first-order chi connectivity index (χ1) is 9.21. The minimum Gasteiger partial charge on any atom is -0.356 e. The zero-order chi connectivity index (χ0) is 15.3. The summed E-state index contributed by atoms with van der Waals surface area (Å²) in [7, 11) is 0. The molecule has 5 heteroatoms. The van der Waals surface area contributed by atoms with Crippen molar-refractivity contribution in [2.24, 2.45) is 17.1 Å². The number of carbonyl (C=O) groups is 2. The fourth-order valence-corrected chi connectivity index (χ4v) is 2.42. The first-order valence-electron chi connectivity index (χ1n) is 7.54. The molecule has 1 saturated heterocycles. The average molecular weight is 283 g/mol. The standard InChI is InChI=1S/C15H29N3O2/c1-11(16)7-8-17-13(19)12-6-5-9-18(10-12)14(20)15(2,3)4/h11-12H,5-10,16H2,1-4H3,(H,17,19). The number of hydrogen-bond acceptors (Lipinski definition) is 3. The second kappa shape index (κ2) is 7.07. The summed E-state index contributed by atoms with van der Waals surface area (Å²) < 4.78 is 0. The topological polar surface area (TPSA) is 75.4 Å². The highest BCUT2D eigenvalue weighted by Crippen LogP contribution is 2.23. The van der Waals surface area contributed by atoms with Gasteiger partial charge in [-0.2, -0.15) is 0 Å². The first-order valence-corrected chi connectivity index (χ1v) is 7.54. The molecule has 0 bridgehead atoms. The molecule has 0 aliphatic carbocycles. The summed E-state index contributed by atoms with van der Waals surface area (Å²) in [6, 6.07) is 0.0978. The third kappa shape index (κ3) is 5.12. The lowest BCUT2D eigenvalue weighted by molar-refractivity contribution is -0.142. The molecule has 1 aliphatic rings. The summed E-state index contributed by atoms with van der Waals surface area (Å²) >= 11 is 0. The van der Waals surface area contributed by atoms with Gasteiger partial charge in [-0.1, -0.05) is 20.8 Å². The third-order valence-electron chi connectivity index (χ3n) is 3.62. The van der Waals surface area contributed by atoms with Gasteiger partial charge in [0, 0.05) is 31.1 Å². The highest BCUT2D eigenvalue weighted by Gasteiger charge is 2.33. The summed E-state index contributed by atoms with van der Waals surface area (Å²) in [4.78, 5) is 26.2. The minimum absolute atomic E-state index is 0.0528. The number of nitrogens with two attached hydrogens (primary N) is 1. The largest absolute Gasteiger partial charge is 0.356 e. The van der Waals surface area contributed by atoms with Gasteiger partial charge in [-0.15, -0.1) is 0 Å². The predicted molar refractivity (Wildman–Crippen MR) is 80.0 cm³/mol. The maximum absolute atomic E-state index is 12.3. The average Bonchev–Trinajstić information content (AvgIpc) is 2.36. The molecule has 0 radical (unpaired) electrons. The van der Waals surface area contributed by atoms with Gasteiger partial charge in [-0.3, -0.25) is 9.59 Å². The smallest absolute Gasteiger partial charge is 0.227 e. The Hall–Kier alpha value is -1.10. The number of carbonyl (C=O) groups excluding carboxylic acids is 2. The monoisotopic (exact) mass is 283 g/mol. The fourth-order valence-electron chi connectivity index (χ4n) is 2.42. The van der Waals surface area contributed by atoms with Crippen LogP contribution in [0.25, 0.3) is 0 Å². The summed E-state index contributed by atoms with van der Waals surface area (Å²) in [5.41, 5.74) is 5.28. The fraction of sp³-hybridized carbons (Fsp3) is 0.867. The molecule has 0 aromatic rings. The van der Waals surface area contributed by atoms with Crippen LogP contribution in [0.4, 0.5) is 0 Å². The Bertz CT molecular complexity index is 348. The molecule has 0 saturated carbocycles. The van der Waals surface area contributed by atoms with Gasteiger partial charge < -0.3 is 16.0 Å². The van der Waals surface area contributed by atoms with E-state index in [0.717, 1.165) is 25.8 Å². The molecule has 5 nitrogen and oxygen atoms in total. The van der Waals surface area contributed by atoms with E-state index in [1.807, 2.05) is 32.6 Å². The van der Waals surface area contributed by atoms with Crippen LogP contribution in [-0.2, 0) is 9.59 Å². The van der Waals surface area contributed by atoms with Gasteiger partial charge >= 0.3 is 0 Å². The number of likely N-dealkylation sites (tertiary alicyclic amines) is 1. The Balaban J connectivity index is 2.48. The first kappa shape index (κ1) is 17.0. The van der Waals surface area contributed by atoms with Crippen LogP contribution in [0, 0.1) is 11.3 Å². The Labute approximate surface area is 122 Å². The summed E-state index contributed by atoms with van der Waals surface area (Å²) in [5, 5.41) is 2.93. The Morgan fingerprint density at radius 3 is 2.60 bits per heavy atom. The van der Waals surface area contributed by atoms with E-state index in [0.29, 0.717) is 13.1 Å². The zero-order valence-corrected chi connectivity index (χ0v) is 13.2. The van der Waals surface area contributed by atoms with Crippen LogP contribution in [0.15, 0.2) is 0 Å². The number of hydrogen-bond donors (Lipinski definition) is 2. The van der Waals surface area contributed by atoms with Gasteiger partial charge in [-0.05, 0) is 26.2 Å². The molecule has 1 heterocycles. The van der Waals surface area contributed by atoms with Crippen LogP contribution in [0.5, 0.6) is 0 Å². The van der Waals surface area contributed by atoms with Gasteiger partial charge in [0.2, 0.25) is 11.8 Å². The highest BCUT2D eigenvalue weighted by molar-refractivity contribution is 5.83. The van der Waals surface area contributed by atoms with E-state index in [-0.39, 0.29) is 29.2 Å². The van der Waals surface area contributed by atoms with E-state index in [4.69, 9.17) is 5.73 Å². The number of piperidine rings is 1. The van der Waals surface area contributed by atoms with Crippen LogP contribution in [0.2, 0.25) is 0 Å². The molecular formula is C15H29N3O2.